The molecule has 0 aromatic carbocycles. The highest BCUT2D eigenvalue weighted by Gasteiger charge is 2.09. The van der Waals surface area contributed by atoms with E-state index in [1.54, 1.807) is 0 Å². The highest BCUT2D eigenvalue weighted by molar-refractivity contribution is 4.61. The van der Waals surface area contributed by atoms with Crippen LogP contribution in [0.25, 0.3) is 0 Å². The van der Waals surface area contributed by atoms with Crippen LogP contribution in [-0.2, 0) is 0 Å². The van der Waals surface area contributed by atoms with Crippen molar-refractivity contribution in [3.8, 4) is 0 Å². The van der Waals surface area contributed by atoms with Crippen molar-refractivity contribution in [3.05, 3.63) is 0 Å². The molecule has 0 aliphatic rings. The molecule has 0 nitrogen and oxygen atoms in total. The fourth-order valence-corrected chi connectivity index (χ4v) is 0.250. The molecule has 0 heteroatoms. The molecule has 0 aliphatic heterocycles. The van der Waals surface area contributed by atoms with Crippen LogP contribution in [0.3, 0.4) is 0 Å². The quantitative estimate of drug-likeness (QED) is 0.530. The maximum absolute atomic E-state index is 2.30. The molecule has 0 aliphatic carbocycles. The van der Waals surface area contributed by atoms with Gasteiger partial charge in [-0.25, -0.2) is 0 Å². The molecule has 0 saturated heterocycles. The molecule has 0 aromatic heterocycles. The monoisotopic (exact) mass is 148 g/mol. The first-order chi connectivity index (χ1) is 3.12. The summed E-state index contributed by atoms with van der Waals surface area (Å²) in [7, 11) is 0. The van der Waals surface area contributed by atoms with E-state index in [9.17, 15) is 0 Å². The van der Waals surface area contributed by atoms with E-state index in [2.05, 4.69) is 27.7 Å². The van der Waals surface area contributed by atoms with Crippen molar-refractivity contribution >= 4 is 0 Å². The first kappa shape index (κ1) is 22.5. The zero-order valence-electron chi connectivity index (χ0n) is 5.91. The van der Waals surface area contributed by atoms with Gasteiger partial charge in [0.2, 0.25) is 0 Å². The Kier molecular flexibility index (Phi) is 20.2. The van der Waals surface area contributed by atoms with Crippen molar-refractivity contribution in [2.45, 2.75) is 62.8 Å². The topological polar surface area (TPSA) is 0 Å². The van der Waals surface area contributed by atoms with E-state index < -0.39 is 0 Å². The third kappa shape index (κ3) is 10.9. The van der Waals surface area contributed by atoms with Crippen LogP contribution >= 0.6 is 0 Å². The highest BCUT2D eigenvalue weighted by Crippen LogP contribution is 2.22. The van der Waals surface area contributed by atoms with Gasteiger partial charge in [0.15, 0.2) is 0 Å². The molecule has 0 amide bonds. The first-order valence-electron chi connectivity index (χ1n) is 3.12. The van der Waals surface area contributed by atoms with Crippen molar-refractivity contribution in [3.63, 3.8) is 0 Å². The predicted molar refractivity (Wildman–Crippen MR) is 54.6 cm³/mol. The summed E-state index contributed by atoms with van der Waals surface area (Å²) in [6, 6.07) is 0. The Balaban J connectivity index is -0.0000000600. The SMILES string of the molecule is C.C.C.CCC(C)(C)CC. The smallest absolute Gasteiger partial charge is 0.0359 e. The fraction of sp³-hybridized carbons (Fsp3) is 1.00. The van der Waals surface area contributed by atoms with Gasteiger partial charge in [-0.1, -0.05) is 62.8 Å². The van der Waals surface area contributed by atoms with Gasteiger partial charge in [0.25, 0.3) is 0 Å². The lowest BCUT2D eigenvalue weighted by molar-refractivity contribution is 0.338. The van der Waals surface area contributed by atoms with Gasteiger partial charge in [-0.05, 0) is 5.41 Å². The third-order valence-electron chi connectivity index (χ3n) is 1.91. The summed E-state index contributed by atoms with van der Waals surface area (Å²) in [4.78, 5) is 0. The van der Waals surface area contributed by atoms with Gasteiger partial charge in [0.1, 0.15) is 0 Å². The summed E-state index contributed by atoms with van der Waals surface area (Å²) in [6.07, 6.45) is 2.59. The minimum atomic E-state index is 0. The van der Waals surface area contributed by atoms with E-state index in [1.807, 2.05) is 0 Å². The molecule has 0 N–H and O–H groups in total. The number of rotatable bonds is 2. The first-order valence-corrected chi connectivity index (χ1v) is 3.12. The Morgan fingerprint density at radius 2 is 1.00 bits per heavy atom. The largest absolute Gasteiger partial charge is 0.0776 e. The molecule has 0 saturated carbocycles. The second-order valence-electron chi connectivity index (χ2n) is 2.87. The van der Waals surface area contributed by atoms with Gasteiger partial charge in [-0.3, -0.25) is 0 Å². The van der Waals surface area contributed by atoms with Crippen LogP contribution in [0.5, 0.6) is 0 Å². The Morgan fingerprint density at radius 3 is 1.00 bits per heavy atom. The van der Waals surface area contributed by atoms with E-state index in [0.29, 0.717) is 5.41 Å². The van der Waals surface area contributed by atoms with Crippen LogP contribution in [0.1, 0.15) is 62.8 Å². The molecule has 0 bridgehead atoms. The van der Waals surface area contributed by atoms with Crippen LogP contribution in [0.4, 0.5) is 0 Å². The molecule has 0 spiro atoms. The molecule has 0 atom stereocenters. The van der Waals surface area contributed by atoms with Crippen molar-refractivity contribution in [2.24, 2.45) is 5.41 Å². The van der Waals surface area contributed by atoms with Crippen molar-refractivity contribution in [2.75, 3.05) is 0 Å². The molecule has 0 rings (SSSR count). The highest BCUT2D eigenvalue weighted by atomic mass is 14.1. The molecule has 0 unspecified atom stereocenters. The molecular weight excluding hydrogens is 120 g/mol. The molecule has 68 valence electrons. The zero-order valence-corrected chi connectivity index (χ0v) is 5.91. The van der Waals surface area contributed by atoms with Gasteiger partial charge in [0.05, 0.1) is 0 Å². The lowest BCUT2D eigenvalue weighted by atomic mass is 9.88. The zero-order chi connectivity index (χ0) is 5.91. The molecule has 10 heavy (non-hydrogen) atoms. The number of hydrogen-bond donors (Lipinski definition) is 0. The molecule has 0 fully saturated rings. The number of hydrogen-bond acceptors (Lipinski definition) is 0. The lowest BCUT2D eigenvalue weighted by Gasteiger charge is -2.18. The van der Waals surface area contributed by atoms with Crippen LogP contribution in [0, 0.1) is 5.41 Å². The van der Waals surface area contributed by atoms with Gasteiger partial charge in [-0.2, -0.15) is 0 Å². The normalized spacial score (nSPS) is 8.40. The van der Waals surface area contributed by atoms with Crippen LogP contribution in [0.15, 0.2) is 0 Å². The summed E-state index contributed by atoms with van der Waals surface area (Å²) in [6.45, 7) is 9.08. The van der Waals surface area contributed by atoms with Gasteiger partial charge >= 0.3 is 0 Å². The van der Waals surface area contributed by atoms with Crippen molar-refractivity contribution in [1.82, 2.24) is 0 Å². The maximum atomic E-state index is 2.30. The summed E-state index contributed by atoms with van der Waals surface area (Å²) < 4.78 is 0. The summed E-state index contributed by atoms with van der Waals surface area (Å²) in [5.41, 5.74) is 0.583. The van der Waals surface area contributed by atoms with Crippen LogP contribution in [0.2, 0.25) is 0 Å². The summed E-state index contributed by atoms with van der Waals surface area (Å²) in [5.74, 6) is 0. The van der Waals surface area contributed by atoms with E-state index in [0.717, 1.165) is 0 Å². The summed E-state index contributed by atoms with van der Waals surface area (Å²) >= 11 is 0. The minimum Gasteiger partial charge on any atom is -0.0776 e. The van der Waals surface area contributed by atoms with Crippen molar-refractivity contribution in [1.29, 1.82) is 0 Å². The average molecular weight is 148 g/mol. The predicted octanol–water partition coefficient (Wildman–Crippen LogP) is 4.74. The molecular formula is C10H28. The standard InChI is InChI=1S/C7H16.3CH4/c1-5-7(3,4)6-2;;;/h5-6H2,1-4H3;3*1H4. The van der Waals surface area contributed by atoms with E-state index in [-0.39, 0.29) is 22.3 Å². The van der Waals surface area contributed by atoms with Crippen LogP contribution < -0.4 is 0 Å². The molecule has 0 aromatic rings. The Hall–Kier alpha value is 0. The maximum Gasteiger partial charge on any atom is -0.0359 e. The van der Waals surface area contributed by atoms with E-state index >= 15 is 0 Å². The van der Waals surface area contributed by atoms with Crippen molar-refractivity contribution < 1.29 is 0 Å². The lowest BCUT2D eigenvalue weighted by Crippen LogP contribution is -2.05. The van der Waals surface area contributed by atoms with Crippen LogP contribution in [-0.4, -0.2) is 0 Å². The third-order valence-corrected chi connectivity index (χ3v) is 1.91. The van der Waals surface area contributed by atoms with Gasteiger partial charge < -0.3 is 0 Å². The van der Waals surface area contributed by atoms with E-state index in [1.165, 1.54) is 12.8 Å². The van der Waals surface area contributed by atoms with E-state index in [4.69, 9.17) is 0 Å². The van der Waals surface area contributed by atoms with Gasteiger partial charge in [-0.15, -0.1) is 0 Å². The second-order valence-corrected chi connectivity index (χ2v) is 2.87. The fourth-order valence-electron chi connectivity index (χ4n) is 0.250. The molecule has 0 heterocycles. The Morgan fingerprint density at radius 1 is 0.800 bits per heavy atom. The Bertz CT molecular complexity index is 38.0. The summed E-state index contributed by atoms with van der Waals surface area (Å²) in [5, 5.41) is 0. The average Bonchev–Trinajstić information content (AvgIpc) is 1.68. The van der Waals surface area contributed by atoms with Gasteiger partial charge in [0, 0.05) is 0 Å². The minimum absolute atomic E-state index is 0. The second kappa shape index (κ2) is 9.00. The Labute approximate surface area is 69.0 Å². The molecule has 0 radical (unpaired) electrons.